The molecule has 2 aliphatic rings. The van der Waals surface area contributed by atoms with Crippen LogP contribution in [0.15, 0.2) is 24.3 Å². The number of benzene rings is 1. The van der Waals surface area contributed by atoms with Crippen LogP contribution in [0.5, 0.6) is 5.75 Å². The van der Waals surface area contributed by atoms with Crippen molar-refractivity contribution in [1.29, 1.82) is 0 Å². The maximum atomic E-state index is 12.5. The quantitative estimate of drug-likeness (QED) is 0.676. The molecule has 1 aliphatic heterocycles. The monoisotopic (exact) mass is 434 g/mol. The molecule has 0 spiro atoms. The predicted octanol–water partition coefficient (Wildman–Crippen LogP) is 4.36. The number of amides is 1. The Bertz CT molecular complexity index is 799. The van der Waals surface area contributed by atoms with Crippen molar-refractivity contribution < 1.29 is 9.53 Å². The fourth-order valence-electron chi connectivity index (χ4n) is 3.96. The van der Waals surface area contributed by atoms with Crippen molar-refractivity contribution in [3.8, 4) is 5.75 Å². The zero-order valence-electron chi connectivity index (χ0n) is 16.6. The van der Waals surface area contributed by atoms with Gasteiger partial charge in [0.2, 0.25) is 11.0 Å². The molecule has 8 heteroatoms. The van der Waals surface area contributed by atoms with Gasteiger partial charge >= 0.3 is 0 Å². The SMILES string of the molecule is O=C(CCOc1ccc(Cl)cc1)N1CCN(c2nnc(C3CCCCC3)s2)CC1. The van der Waals surface area contributed by atoms with Crippen LogP contribution in [-0.4, -0.2) is 53.8 Å². The number of carbonyl (C=O) groups is 1. The number of halogens is 1. The summed E-state index contributed by atoms with van der Waals surface area (Å²) in [6.45, 7) is 3.43. The molecule has 2 aromatic rings. The van der Waals surface area contributed by atoms with E-state index >= 15 is 0 Å². The van der Waals surface area contributed by atoms with Crippen LogP contribution in [0.3, 0.4) is 0 Å². The number of rotatable bonds is 6. The summed E-state index contributed by atoms with van der Waals surface area (Å²) >= 11 is 7.61. The summed E-state index contributed by atoms with van der Waals surface area (Å²) in [6, 6.07) is 7.20. The maximum Gasteiger partial charge on any atom is 0.226 e. The van der Waals surface area contributed by atoms with Crippen LogP contribution in [0, 0.1) is 0 Å². The van der Waals surface area contributed by atoms with Gasteiger partial charge in [-0.25, -0.2) is 0 Å². The molecule has 4 rings (SSSR count). The van der Waals surface area contributed by atoms with Gasteiger partial charge in [-0.05, 0) is 37.1 Å². The zero-order valence-corrected chi connectivity index (χ0v) is 18.1. The van der Waals surface area contributed by atoms with Gasteiger partial charge in [-0.1, -0.05) is 42.2 Å². The third kappa shape index (κ3) is 5.39. The molecule has 6 nitrogen and oxygen atoms in total. The fourth-order valence-corrected chi connectivity index (χ4v) is 5.15. The molecule has 0 bridgehead atoms. The van der Waals surface area contributed by atoms with Crippen LogP contribution < -0.4 is 9.64 Å². The summed E-state index contributed by atoms with van der Waals surface area (Å²) in [6.07, 6.45) is 6.84. The Morgan fingerprint density at radius 1 is 1.07 bits per heavy atom. The lowest BCUT2D eigenvalue weighted by molar-refractivity contribution is -0.132. The Hall–Kier alpha value is -1.86. The summed E-state index contributed by atoms with van der Waals surface area (Å²) in [5.41, 5.74) is 0. The highest BCUT2D eigenvalue weighted by Crippen LogP contribution is 2.36. The van der Waals surface area contributed by atoms with Crippen LogP contribution >= 0.6 is 22.9 Å². The smallest absolute Gasteiger partial charge is 0.226 e. The van der Waals surface area contributed by atoms with Gasteiger partial charge in [0.05, 0.1) is 13.0 Å². The first-order chi connectivity index (χ1) is 14.2. The molecular weight excluding hydrogens is 408 g/mol. The van der Waals surface area contributed by atoms with Crippen LogP contribution in [-0.2, 0) is 4.79 Å². The molecule has 2 fully saturated rings. The number of carbonyl (C=O) groups excluding carboxylic acids is 1. The molecule has 1 aliphatic carbocycles. The van der Waals surface area contributed by atoms with Gasteiger partial charge in [-0.3, -0.25) is 4.79 Å². The lowest BCUT2D eigenvalue weighted by Gasteiger charge is -2.34. The first-order valence-electron chi connectivity index (χ1n) is 10.4. The molecule has 1 amide bonds. The number of hydrogen-bond donors (Lipinski definition) is 0. The van der Waals surface area contributed by atoms with E-state index in [2.05, 4.69) is 15.1 Å². The van der Waals surface area contributed by atoms with Gasteiger partial charge in [-0.2, -0.15) is 0 Å². The largest absolute Gasteiger partial charge is 0.493 e. The van der Waals surface area contributed by atoms with E-state index in [1.54, 1.807) is 23.5 Å². The maximum absolute atomic E-state index is 12.5. The average molecular weight is 435 g/mol. The molecule has 1 aromatic heterocycles. The third-order valence-electron chi connectivity index (χ3n) is 5.69. The van der Waals surface area contributed by atoms with E-state index in [-0.39, 0.29) is 5.91 Å². The number of nitrogens with zero attached hydrogens (tertiary/aromatic N) is 4. The molecule has 1 saturated carbocycles. The Morgan fingerprint density at radius 3 is 2.52 bits per heavy atom. The molecule has 0 unspecified atom stereocenters. The molecule has 1 aromatic carbocycles. The second-order valence-electron chi connectivity index (χ2n) is 7.68. The molecule has 0 atom stereocenters. The number of piperazine rings is 1. The number of aromatic nitrogens is 2. The standard InChI is InChI=1S/C21H27ClN4O2S/c22-17-6-8-18(9-7-17)28-15-10-19(27)25-11-13-26(14-12-25)21-24-23-20(29-21)16-4-2-1-3-5-16/h6-9,16H,1-5,10-15H2. The van der Waals surface area contributed by atoms with Crippen LogP contribution in [0.4, 0.5) is 5.13 Å². The third-order valence-corrected chi connectivity index (χ3v) is 7.08. The normalized spacial score (nSPS) is 18.1. The molecule has 0 radical (unpaired) electrons. The predicted molar refractivity (Wildman–Crippen MR) is 116 cm³/mol. The molecular formula is C21H27ClN4O2S. The highest BCUT2D eigenvalue weighted by Gasteiger charge is 2.25. The summed E-state index contributed by atoms with van der Waals surface area (Å²) < 4.78 is 5.64. The van der Waals surface area contributed by atoms with E-state index in [1.807, 2.05) is 17.0 Å². The lowest BCUT2D eigenvalue weighted by Crippen LogP contribution is -2.49. The first kappa shape index (κ1) is 20.4. The first-order valence-corrected chi connectivity index (χ1v) is 11.6. The second-order valence-corrected chi connectivity index (χ2v) is 9.10. The second kappa shape index (κ2) is 9.76. The summed E-state index contributed by atoms with van der Waals surface area (Å²) in [5, 5.41) is 11.8. The topological polar surface area (TPSA) is 58.6 Å². The van der Waals surface area contributed by atoms with Crippen LogP contribution in [0.2, 0.25) is 5.02 Å². The van der Waals surface area contributed by atoms with Gasteiger partial charge in [0.1, 0.15) is 10.8 Å². The van der Waals surface area contributed by atoms with Gasteiger partial charge in [0, 0.05) is 37.1 Å². The summed E-state index contributed by atoms with van der Waals surface area (Å²) in [7, 11) is 0. The molecule has 156 valence electrons. The van der Waals surface area contributed by atoms with Gasteiger partial charge in [0.15, 0.2) is 0 Å². The van der Waals surface area contributed by atoms with Gasteiger partial charge < -0.3 is 14.5 Å². The van der Waals surface area contributed by atoms with Crippen LogP contribution in [0.25, 0.3) is 0 Å². The molecule has 29 heavy (non-hydrogen) atoms. The fraction of sp³-hybridized carbons (Fsp3) is 0.571. The summed E-state index contributed by atoms with van der Waals surface area (Å²) in [5.74, 6) is 1.47. The lowest BCUT2D eigenvalue weighted by atomic mass is 9.90. The van der Waals surface area contributed by atoms with Crippen molar-refractivity contribution in [2.45, 2.75) is 44.4 Å². The molecule has 2 heterocycles. The number of hydrogen-bond acceptors (Lipinski definition) is 6. The minimum Gasteiger partial charge on any atom is -0.493 e. The minimum absolute atomic E-state index is 0.138. The van der Waals surface area contributed by atoms with E-state index in [9.17, 15) is 4.79 Å². The number of ether oxygens (including phenoxy) is 1. The van der Waals surface area contributed by atoms with E-state index in [0.717, 1.165) is 37.1 Å². The van der Waals surface area contributed by atoms with Crippen molar-refractivity contribution in [1.82, 2.24) is 15.1 Å². The van der Waals surface area contributed by atoms with Crippen molar-refractivity contribution in [3.05, 3.63) is 34.3 Å². The Balaban J connectivity index is 1.21. The Kier molecular flexibility index (Phi) is 6.87. The van der Waals surface area contributed by atoms with Crippen molar-refractivity contribution in [2.24, 2.45) is 0 Å². The summed E-state index contributed by atoms with van der Waals surface area (Å²) in [4.78, 5) is 16.7. The minimum atomic E-state index is 0.138. The van der Waals surface area contributed by atoms with Crippen molar-refractivity contribution in [3.63, 3.8) is 0 Å². The van der Waals surface area contributed by atoms with Gasteiger partial charge in [-0.15, -0.1) is 10.2 Å². The molecule has 1 saturated heterocycles. The number of anilines is 1. The highest BCUT2D eigenvalue weighted by molar-refractivity contribution is 7.15. The molecule has 0 N–H and O–H groups in total. The Morgan fingerprint density at radius 2 is 1.79 bits per heavy atom. The van der Waals surface area contributed by atoms with Crippen LogP contribution in [0.1, 0.15) is 49.5 Å². The van der Waals surface area contributed by atoms with E-state index < -0.39 is 0 Å². The highest BCUT2D eigenvalue weighted by atomic mass is 35.5. The van der Waals surface area contributed by atoms with E-state index in [0.29, 0.717) is 24.0 Å². The average Bonchev–Trinajstić information content (AvgIpc) is 3.26. The van der Waals surface area contributed by atoms with Crippen molar-refractivity contribution >= 4 is 34.0 Å². The Labute approximate surface area is 180 Å². The van der Waals surface area contributed by atoms with E-state index in [4.69, 9.17) is 16.3 Å². The van der Waals surface area contributed by atoms with Crippen molar-refractivity contribution in [2.75, 3.05) is 37.7 Å². The van der Waals surface area contributed by atoms with E-state index in [1.165, 1.54) is 37.1 Å². The van der Waals surface area contributed by atoms with Gasteiger partial charge in [0.25, 0.3) is 0 Å². The zero-order chi connectivity index (χ0) is 20.1.